The molecule has 5 nitrogen and oxygen atoms in total. The van der Waals surface area contributed by atoms with E-state index in [1.165, 1.54) is 6.20 Å². The van der Waals surface area contributed by atoms with Crippen LogP contribution in [0.1, 0.15) is 10.5 Å². The number of nitrogens with one attached hydrogen (secondary N) is 2. The quantitative estimate of drug-likeness (QED) is 0.612. The third kappa shape index (κ3) is 2.35. The van der Waals surface area contributed by atoms with Crippen LogP contribution < -0.4 is 5.32 Å². The van der Waals surface area contributed by atoms with Crippen LogP contribution in [0.5, 0.6) is 0 Å². The van der Waals surface area contributed by atoms with Crippen molar-refractivity contribution in [3.8, 4) is 0 Å². The molecule has 0 aliphatic heterocycles. The van der Waals surface area contributed by atoms with Gasteiger partial charge >= 0.3 is 0 Å². The first-order valence-corrected chi connectivity index (χ1v) is 3.61. The van der Waals surface area contributed by atoms with Gasteiger partial charge in [0.25, 0.3) is 5.91 Å². The molecule has 1 amide bonds. The third-order valence-electron chi connectivity index (χ3n) is 1.34. The highest BCUT2D eigenvalue weighted by Gasteiger charge is 2.03. The number of methoxy groups -OCH3 is 1. The molecule has 0 spiro atoms. The highest BCUT2D eigenvalue weighted by molar-refractivity contribution is 5.91. The Balaban J connectivity index is 2.30. The Kier molecular flexibility index (Phi) is 3.28. The third-order valence-corrected chi connectivity index (χ3v) is 1.34. The maximum absolute atomic E-state index is 11.1. The van der Waals surface area contributed by atoms with Crippen molar-refractivity contribution < 1.29 is 9.53 Å². The maximum atomic E-state index is 11.1. The molecule has 12 heavy (non-hydrogen) atoms. The topological polar surface area (TPSA) is 67.0 Å². The summed E-state index contributed by atoms with van der Waals surface area (Å²) in [6, 6.07) is 1.61. The number of aromatic nitrogens is 2. The largest absolute Gasteiger partial charge is 0.383 e. The molecular formula is C7H11N3O2. The maximum Gasteiger partial charge on any atom is 0.269 e. The molecule has 2 N–H and O–H groups in total. The Hall–Kier alpha value is -1.36. The standard InChI is InChI=1S/C7H11N3O2/c1-12-5-4-8-7(11)6-2-3-9-10-6/h2-3H,4-5H2,1H3,(H,8,11)(H,9,10). The molecule has 0 aromatic carbocycles. The number of nitrogens with zero attached hydrogens (tertiary/aromatic N) is 1. The first kappa shape index (κ1) is 8.73. The van der Waals surface area contributed by atoms with E-state index in [-0.39, 0.29) is 5.91 Å². The number of hydrogen-bond donors (Lipinski definition) is 2. The van der Waals surface area contributed by atoms with Gasteiger partial charge in [0.05, 0.1) is 6.61 Å². The summed E-state index contributed by atoms with van der Waals surface area (Å²) in [6.45, 7) is 1.02. The van der Waals surface area contributed by atoms with Gasteiger partial charge in [-0.2, -0.15) is 5.10 Å². The number of H-pyrrole nitrogens is 1. The SMILES string of the molecule is COCCNC(=O)c1ccn[nH]1. The van der Waals surface area contributed by atoms with Gasteiger partial charge in [-0.1, -0.05) is 0 Å². The van der Waals surface area contributed by atoms with E-state index in [1.807, 2.05) is 0 Å². The van der Waals surface area contributed by atoms with Gasteiger partial charge in [0.15, 0.2) is 0 Å². The van der Waals surface area contributed by atoms with E-state index in [4.69, 9.17) is 4.74 Å². The molecule has 1 aromatic heterocycles. The second kappa shape index (κ2) is 4.50. The summed E-state index contributed by atoms with van der Waals surface area (Å²) in [4.78, 5) is 11.1. The lowest BCUT2D eigenvalue weighted by atomic mass is 10.4. The van der Waals surface area contributed by atoms with Gasteiger partial charge in [0.2, 0.25) is 0 Å². The van der Waals surface area contributed by atoms with E-state index in [9.17, 15) is 4.79 Å². The van der Waals surface area contributed by atoms with E-state index in [0.29, 0.717) is 18.8 Å². The van der Waals surface area contributed by atoms with Crippen LogP contribution >= 0.6 is 0 Å². The van der Waals surface area contributed by atoms with Gasteiger partial charge in [-0.15, -0.1) is 0 Å². The molecule has 0 aliphatic carbocycles. The lowest BCUT2D eigenvalue weighted by molar-refractivity contribution is 0.0932. The summed E-state index contributed by atoms with van der Waals surface area (Å²) in [5.74, 6) is -0.162. The second-order valence-corrected chi connectivity index (χ2v) is 2.22. The zero-order chi connectivity index (χ0) is 8.81. The summed E-state index contributed by atoms with van der Waals surface area (Å²) >= 11 is 0. The van der Waals surface area contributed by atoms with E-state index < -0.39 is 0 Å². The first-order chi connectivity index (χ1) is 5.84. The van der Waals surface area contributed by atoms with Crippen molar-refractivity contribution in [2.45, 2.75) is 0 Å². The van der Waals surface area contributed by atoms with Crippen LogP contribution in [0.15, 0.2) is 12.3 Å². The van der Waals surface area contributed by atoms with Crippen molar-refractivity contribution in [3.05, 3.63) is 18.0 Å². The molecule has 5 heteroatoms. The molecule has 0 radical (unpaired) electrons. The molecule has 0 saturated carbocycles. The normalized spacial score (nSPS) is 9.75. The predicted molar refractivity (Wildman–Crippen MR) is 42.8 cm³/mol. The van der Waals surface area contributed by atoms with E-state index >= 15 is 0 Å². The molecular weight excluding hydrogens is 158 g/mol. The molecule has 0 bridgehead atoms. The number of hydrogen-bond acceptors (Lipinski definition) is 3. The van der Waals surface area contributed by atoms with Crippen LogP contribution in [0.2, 0.25) is 0 Å². The lowest BCUT2D eigenvalue weighted by Gasteiger charge is -2.00. The Labute approximate surface area is 70.1 Å². The summed E-state index contributed by atoms with van der Waals surface area (Å²) in [5.41, 5.74) is 0.464. The summed E-state index contributed by atoms with van der Waals surface area (Å²) < 4.78 is 4.77. The van der Waals surface area contributed by atoms with Crippen molar-refractivity contribution in [3.63, 3.8) is 0 Å². The average molecular weight is 169 g/mol. The zero-order valence-corrected chi connectivity index (χ0v) is 6.83. The van der Waals surface area contributed by atoms with Crippen molar-refractivity contribution in [1.82, 2.24) is 15.5 Å². The Morgan fingerprint density at radius 3 is 3.25 bits per heavy atom. The van der Waals surface area contributed by atoms with Crippen LogP contribution in [0.4, 0.5) is 0 Å². The minimum Gasteiger partial charge on any atom is -0.383 e. The van der Waals surface area contributed by atoms with Gasteiger partial charge in [-0.25, -0.2) is 0 Å². The predicted octanol–water partition coefficient (Wildman–Crippen LogP) is -0.214. The monoisotopic (exact) mass is 169 g/mol. The number of carbonyl (C=O) groups is 1. The van der Waals surface area contributed by atoms with Crippen LogP contribution in [0.3, 0.4) is 0 Å². The van der Waals surface area contributed by atoms with Gasteiger partial charge < -0.3 is 10.1 Å². The fourth-order valence-electron chi connectivity index (χ4n) is 0.744. The Bertz CT molecular complexity index is 233. The zero-order valence-electron chi connectivity index (χ0n) is 6.83. The molecule has 1 aromatic rings. The van der Waals surface area contributed by atoms with Gasteiger partial charge in [-0.05, 0) is 6.07 Å². The molecule has 0 atom stereocenters. The number of carbonyl (C=O) groups excluding carboxylic acids is 1. The highest BCUT2D eigenvalue weighted by Crippen LogP contribution is 1.89. The van der Waals surface area contributed by atoms with Gasteiger partial charge in [0, 0.05) is 19.9 Å². The Morgan fingerprint density at radius 2 is 2.67 bits per heavy atom. The van der Waals surface area contributed by atoms with E-state index in [2.05, 4.69) is 15.5 Å². The molecule has 66 valence electrons. The minimum absolute atomic E-state index is 0.162. The van der Waals surface area contributed by atoms with Crippen LogP contribution in [-0.4, -0.2) is 36.4 Å². The number of ether oxygens (including phenoxy) is 1. The van der Waals surface area contributed by atoms with Crippen LogP contribution in [0, 0.1) is 0 Å². The van der Waals surface area contributed by atoms with Crippen molar-refractivity contribution >= 4 is 5.91 Å². The molecule has 0 aliphatic rings. The molecule has 1 heterocycles. The molecule has 0 saturated heterocycles. The number of aromatic amines is 1. The summed E-state index contributed by atoms with van der Waals surface area (Å²) in [5, 5.41) is 8.87. The summed E-state index contributed by atoms with van der Waals surface area (Å²) in [6.07, 6.45) is 1.53. The number of rotatable bonds is 4. The van der Waals surface area contributed by atoms with E-state index in [1.54, 1.807) is 13.2 Å². The minimum atomic E-state index is -0.162. The second-order valence-electron chi connectivity index (χ2n) is 2.22. The highest BCUT2D eigenvalue weighted by atomic mass is 16.5. The molecule has 0 fully saturated rings. The lowest BCUT2D eigenvalue weighted by Crippen LogP contribution is -2.27. The van der Waals surface area contributed by atoms with Crippen LogP contribution in [-0.2, 0) is 4.74 Å². The fourth-order valence-corrected chi connectivity index (χ4v) is 0.744. The Morgan fingerprint density at radius 1 is 1.83 bits per heavy atom. The van der Waals surface area contributed by atoms with Crippen molar-refractivity contribution in [2.75, 3.05) is 20.3 Å². The molecule has 0 unspecified atom stereocenters. The average Bonchev–Trinajstić information content (AvgIpc) is 2.56. The summed E-state index contributed by atoms with van der Waals surface area (Å²) in [7, 11) is 1.59. The van der Waals surface area contributed by atoms with Gasteiger partial charge in [-0.3, -0.25) is 9.89 Å². The number of amides is 1. The smallest absolute Gasteiger partial charge is 0.269 e. The van der Waals surface area contributed by atoms with Crippen molar-refractivity contribution in [1.29, 1.82) is 0 Å². The first-order valence-electron chi connectivity index (χ1n) is 3.61. The molecule has 1 rings (SSSR count). The van der Waals surface area contributed by atoms with Gasteiger partial charge in [0.1, 0.15) is 5.69 Å². The van der Waals surface area contributed by atoms with Crippen LogP contribution in [0.25, 0.3) is 0 Å². The van der Waals surface area contributed by atoms with E-state index in [0.717, 1.165) is 0 Å². The fraction of sp³-hybridized carbons (Fsp3) is 0.429. The van der Waals surface area contributed by atoms with Crippen molar-refractivity contribution in [2.24, 2.45) is 0 Å².